The Balaban J connectivity index is 0.000000200. The highest BCUT2D eigenvalue weighted by molar-refractivity contribution is 5.17. The van der Waals surface area contributed by atoms with Gasteiger partial charge >= 0.3 is 0 Å². The topological polar surface area (TPSA) is 93.8 Å². The molecule has 0 unspecified atom stereocenters. The predicted molar refractivity (Wildman–Crippen MR) is 74.8 cm³/mol. The minimum Gasteiger partial charge on any atom is -0.393 e. The van der Waals surface area contributed by atoms with E-state index < -0.39 is 12.2 Å². The maximum atomic E-state index is 9.08. The second-order valence-electron chi connectivity index (χ2n) is 4.09. The van der Waals surface area contributed by atoms with Crippen molar-refractivity contribution < 1.29 is 20.4 Å². The first-order chi connectivity index (χ1) is 9.69. The van der Waals surface area contributed by atoms with Crippen LogP contribution in [0.15, 0.2) is 54.9 Å². The van der Waals surface area contributed by atoms with Crippen molar-refractivity contribution in [3.05, 3.63) is 66.0 Å². The lowest BCUT2D eigenvalue weighted by molar-refractivity contribution is 0.0955. The van der Waals surface area contributed by atoms with Crippen LogP contribution in [-0.4, -0.2) is 38.6 Å². The molecular weight excluding hydrogens is 258 g/mol. The zero-order chi connectivity index (χ0) is 14.8. The normalized spacial score (nSPS) is 13.0. The fraction of sp³-hybridized carbons (Fsp3) is 0.267. The second-order valence-corrected chi connectivity index (χ2v) is 4.09. The van der Waals surface area contributed by atoms with E-state index in [0.29, 0.717) is 5.56 Å². The van der Waals surface area contributed by atoms with E-state index in [4.69, 9.17) is 20.4 Å². The van der Waals surface area contributed by atoms with Gasteiger partial charge in [0.25, 0.3) is 0 Å². The molecule has 0 amide bonds. The third kappa shape index (κ3) is 5.46. The standard InChI is InChI=1S/C8H10O2.C7H9NO2/c9-6-8(10)7-4-2-1-3-5-7;9-5-7(10)6-1-3-8-4-2-6/h1-5,8-10H,6H2;1-4,7,9-10H,5H2/t8-;7-/m11/s1. The smallest absolute Gasteiger partial charge is 0.102 e. The molecule has 1 aromatic carbocycles. The lowest BCUT2D eigenvalue weighted by Crippen LogP contribution is -2.01. The Labute approximate surface area is 117 Å². The number of pyridine rings is 1. The Kier molecular flexibility index (Phi) is 7.46. The molecule has 0 aliphatic rings. The van der Waals surface area contributed by atoms with Crippen LogP contribution in [0.3, 0.4) is 0 Å². The molecule has 5 heteroatoms. The van der Waals surface area contributed by atoms with E-state index in [-0.39, 0.29) is 13.2 Å². The summed E-state index contributed by atoms with van der Waals surface area (Å²) in [5.41, 5.74) is 1.45. The van der Waals surface area contributed by atoms with Crippen molar-refractivity contribution in [3.63, 3.8) is 0 Å². The molecule has 0 saturated carbocycles. The first-order valence-corrected chi connectivity index (χ1v) is 6.21. The lowest BCUT2D eigenvalue weighted by Gasteiger charge is -2.05. The van der Waals surface area contributed by atoms with Crippen LogP contribution >= 0.6 is 0 Å². The molecule has 0 fully saturated rings. The molecule has 20 heavy (non-hydrogen) atoms. The molecule has 0 radical (unpaired) electrons. The highest BCUT2D eigenvalue weighted by atomic mass is 16.3. The Morgan fingerprint density at radius 3 is 1.65 bits per heavy atom. The van der Waals surface area contributed by atoms with Gasteiger partial charge in [-0.15, -0.1) is 0 Å². The van der Waals surface area contributed by atoms with Crippen molar-refractivity contribution in [2.75, 3.05) is 13.2 Å². The molecule has 2 aromatic rings. The minimum atomic E-state index is -0.775. The zero-order valence-electron chi connectivity index (χ0n) is 11.0. The third-order valence-electron chi connectivity index (χ3n) is 2.62. The molecule has 0 aliphatic carbocycles. The van der Waals surface area contributed by atoms with Gasteiger partial charge in [-0.3, -0.25) is 4.98 Å². The number of benzene rings is 1. The molecule has 0 bridgehead atoms. The number of aliphatic hydroxyl groups is 4. The maximum absolute atomic E-state index is 9.08. The number of hydrogen-bond donors (Lipinski definition) is 4. The van der Waals surface area contributed by atoms with E-state index in [0.717, 1.165) is 5.56 Å². The van der Waals surface area contributed by atoms with Gasteiger partial charge in [0, 0.05) is 12.4 Å². The number of nitrogens with zero attached hydrogens (tertiary/aromatic N) is 1. The highest BCUT2D eigenvalue weighted by Gasteiger charge is 2.03. The molecule has 108 valence electrons. The average Bonchev–Trinajstić information content (AvgIpc) is 2.55. The monoisotopic (exact) mass is 277 g/mol. The number of hydrogen-bond acceptors (Lipinski definition) is 5. The summed E-state index contributed by atoms with van der Waals surface area (Å²) in [6.45, 7) is -0.464. The van der Waals surface area contributed by atoms with E-state index in [1.54, 1.807) is 36.7 Å². The van der Waals surface area contributed by atoms with Crippen LogP contribution in [0.25, 0.3) is 0 Å². The summed E-state index contributed by atoms with van der Waals surface area (Å²) in [7, 11) is 0. The van der Waals surface area contributed by atoms with E-state index in [9.17, 15) is 0 Å². The van der Waals surface area contributed by atoms with Gasteiger partial charge in [0.05, 0.1) is 13.2 Å². The summed E-state index contributed by atoms with van der Waals surface area (Å²) >= 11 is 0. The quantitative estimate of drug-likeness (QED) is 0.664. The molecule has 2 atom stereocenters. The van der Waals surface area contributed by atoms with Crippen LogP contribution in [0.1, 0.15) is 23.3 Å². The van der Waals surface area contributed by atoms with Crippen LogP contribution < -0.4 is 0 Å². The first kappa shape index (κ1) is 16.3. The molecule has 4 N–H and O–H groups in total. The second kappa shape index (κ2) is 9.17. The Bertz CT molecular complexity index is 418. The maximum Gasteiger partial charge on any atom is 0.102 e. The predicted octanol–water partition coefficient (Wildman–Crippen LogP) is 0.820. The zero-order valence-corrected chi connectivity index (χ0v) is 11.0. The SMILES string of the molecule is OC[C@@H](O)c1ccccc1.OC[C@@H](O)c1ccncc1. The van der Waals surface area contributed by atoms with E-state index >= 15 is 0 Å². The van der Waals surface area contributed by atoms with Crippen LogP contribution in [-0.2, 0) is 0 Å². The molecule has 0 saturated heterocycles. The molecule has 5 nitrogen and oxygen atoms in total. The summed E-state index contributed by atoms with van der Waals surface area (Å²) in [6, 6.07) is 12.4. The van der Waals surface area contributed by atoms with Crippen LogP contribution in [0.2, 0.25) is 0 Å². The molecule has 1 heterocycles. The lowest BCUT2D eigenvalue weighted by atomic mass is 10.1. The van der Waals surface area contributed by atoms with Gasteiger partial charge in [0.2, 0.25) is 0 Å². The van der Waals surface area contributed by atoms with Crippen molar-refractivity contribution in [2.45, 2.75) is 12.2 Å². The van der Waals surface area contributed by atoms with E-state index in [1.165, 1.54) is 0 Å². The Morgan fingerprint density at radius 2 is 1.20 bits per heavy atom. The van der Waals surface area contributed by atoms with Crippen molar-refractivity contribution in [2.24, 2.45) is 0 Å². The van der Waals surface area contributed by atoms with Crippen LogP contribution in [0, 0.1) is 0 Å². The average molecular weight is 277 g/mol. The molecule has 1 aromatic heterocycles. The van der Waals surface area contributed by atoms with Gasteiger partial charge in [-0.05, 0) is 23.3 Å². The summed E-state index contributed by atoms with van der Waals surface area (Å²) in [6.07, 6.45) is 1.65. The van der Waals surface area contributed by atoms with Crippen molar-refractivity contribution in [1.29, 1.82) is 0 Å². The fourth-order valence-corrected chi connectivity index (χ4v) is 1.47. The first-order valence-electron chi connectivity index (χ1n) is 6.21. The summed E-state index contributed by atoms with van der Waals surface area (Å²) < 4.78 is 0. The summed E-state index contributed by atoms with van der Waals surface area (Å²) in [4.78, 5) is 3.77. The fourth-order valence-electron chi connectivity index (χ4n) is 1.47. The summed E-state index contributed by atoms with van der Waals surface area (Å²) in [5.74, 6) is 0. The molecule has 2 rings (SSSR count). The van der Waals surface area contributed by atoms with Gasteiger partial charge in [-0.25, -0.2) is 0 Å². The summed E-state index contributed by atoms with van der Waals surface area (Å²) in [5, 5.41) is 35.2. The van der Waals surface area contributed by atoms with Crippen molar-refractivity contribution >= 4 is 0 Å². The van der Waals surface area contributed by atoms with Crippen LogP contribution in [0.4, 0.5) is 0 Å². The molecule has 0 spiro atoms. The number of aliphatic hydroxyl groups excluding tert-OH is 4. The van der Waals surface area contributed by atoms with E-state index in [1.807, 2.05) is 18.2 Å². The van der Waals surface area contributed by atoms with Gasteiger partial charge in [-0.2, -0.15) is 0 Å². The van der Waals surface area contributed by atoms with Crippen molar-refractivity contribution in [3.8, 4) is 0 Å². The Morgan fingerprint density at radius 1 is 0.750 bits per heavy atom. The van der Waals surface area contributed by atoms with E-state index in [2.05, 4.69) is 4.98 Å². The number of rotatable bonds is 4. The van der Waals surface area contributed by atoms with Gasteiger partial charge in [0.1, 0.15) is 12.2 Å². The van der Waals surface area contributed by atoms with Gasteiger partial charge < -0.3 is 20.4 Å². The largest absolute Gasteiger partial charge is 0.393 e. The third-order valence-corrected chi connectivity index (χ3v) is 2.62. The number of aromatic nitrogens is 1. The minimum absolute atomic E-state index is 0.218. The molecular formula is C15H19NO4. The van der Waals surface area contributed by atoms with Crippen LogP contribution in [0.5, 0.6) is 0 Å². The molecule has 0 aliphatic heterocycles. The van der Waals surface area contributed by atoms with Gasteiger partial charge in [0.15, 0.2) is 0 Å². The highest BCUT2D eigenvalue weighted by Crippen LogP contribution is 2.10. The Hall–Kier alpha value is -1.79. The van der Waals surface area contributed by atoms with Crippen molar-refractivity contribution in [1.82, 2.24) is 4.98 Å². The van der Waals surface area contributed by atoms with Gasteiger partial charge in [-0.1, -0.05) is 30.3 Å².